The van der Waals surface area contributed by atoms with Gasteiger partial charge in [-0.25, -0.2) is 4.98 Å². The lowest BCUT2D eigenvalue weighted by atomic mass is 10.1. The van der Waals surface area contributed by atoms with Crippen molar-refractivity contribution in [3.63, 3.8) is 0 Å². The summed E-state index contributed by atoms with van der Waals surface area (Å²) in [5.41, 5.74) is 4.71. The predicted molar refractivity (Wildman–Crippen MR) is 112 cm³/mol. The Morgan fingerprint density at radius 1 is 0.778 bits per heavy atom. The zero-order valence-electron chi connectivity index (χ0n) is 15.2. The van der Waals surface area contributed by atoms with Crippen LogP contribution in [0.15, 0.2) is 83.3 Å². The third kappa shape index (κ3) is 3.46. The highest BCUT2D eigenvalue weighted by Crippen LogP contribution is 2.38. The molecule has 0 aliphatic carbocycles. The average molecular weight is 375 g/mol. The monoisotopic (exact) mass is 374 g/mol. The molecule has 4 rings (SSSR count). The van der Waals surface area contributed by atoms with Gasteiger partial charge in [-0.3, -0.25) is 0 Å². The van der Waals surface area contributed by atoms with Crippen LogP contribution in [0.1, 0.15) is 0 Å². The lowest BCUT2D eigenvalue weighted by Crippen LogP contribution is -2.07. The molecule has 0 aliphatic heterocycles. The molecule has 0 unspecified atom stereocenters. The number of aromatic nitrogens is 1. The van der Waals surface area contributed by atoms with Gasteiger partial charge in [-0.05, 0) is 24.3 Å². The maximum Gasteiger partial charge on any atom is 0.228 e. The first-order valence-corrected chi connectivity index (χ1v) is 9.10. The molecule has 0 N–H and O–H groups in total. The van der Waals surface area contributed by atoms with Crippen LogP contribution in [-0.2, 0) is 0 Å². The van der Waals surface area contributed by atoms with Gasteiger partial charge in [0.2, 0.25) is 5.89 Å². The van der Waals surface area contributed by atoms with E-state index < -0.39 is 0 Å². The van der Waals surface area contributed by atoms with E-state index in [1.807, 2.05) is 68.7 Å². The van der Waals surface area contributed by atoms with Crippen molar-refractivity contribution in [1.29, 1.82) is 0 Å². The van der Waals surface area contributed by atoms with Crippen molar-refractivity contribution in [2.24, 2.45) is 0 Å². The average Bonchev–Trinajstić information content (AvgIpc) is 3.14. The van der Waals surface area contributed by atoms with Crippen LogP contribution in [0.4, 0.5) is 5.69 Å². The highest BCUT2D eigenvalue weighted by atomic mass is 35.5. The maximum atomic E-state index is 6.36. The molecular formula is C23H19ClN2O. The van der Waals surface area contributed by atoms with Crippen LogP contribution in [0, 0.1) is 0 Å². The fourth-order valence-electron chi connectivity index (χ4n) is 2.97. The maximum absolute atomic E-state index is 6.36. The lowest BCUT2D eigenvalue weighted by molar-refractivity contribution is 0.589. The smallest absolute Gasteiger partial charge is 0.228 e. The number of nitrogens with zero attached hydrogens (tertiary/aromatic N) is 2. The molecule has 0 radical (unpaired) electrons. The second-order valence-electron chi connectivity index (χ2n) is 6.48. The molecule has 1 heterocycles. The van der Waals surface area contributed by atoms with Gasteiger partial charge in [0.1, 0.15) is 5.69 Å². The largest absolute Gasteiger partial charge is 0.435 e. The molecular weight excluding hydrogens is 356 g/mol. The highest BCUT2D eigenvalue weighted by Gasteiger charge is 2.19. The summed E-state index contributed by atoms with van der Waals surface area (Å²) in [6.45, 7) is 0. The summed E-state index contributed by atoms with van der Waals surface area (Å²) < 4.78 is 6.19. The van der Waals surface area contributed by atoms with Gasteiger partial charge in [0, 0.05) is 30.9 Å². The first-order valence-electron chi connectivity index (χ1n) is 8.72. The number of hydrogen-bond acceptors (Lipinski definition) is 3. The van der Waals surface area contributed by atoms with Crippen LogP contribution in [0.3, 0.4) is 0 Å². The molecule has 4 heteroatoms. The number of halogens is 1. The van der Waals surface area contributed by atoms with Gasteiger partial charge in [-0.2, -0.15) is 0 Å². The summed E-state index contributed by atoms with van der Waals surface area (Å²) in [4.78, 5) is 6.87. The van der Waals surface area contributed by atoms with E-state index in [4.69, 9.17) is 21.0 Å². The SMILES string of the molecule is CN(C)c1ccc(-c2nc(-c3ccccc3Cl)oc2-c2ccccc2)cc1. The van der Waals surface area contributed by atoms with Crippen LogP contribution in [0.2, 0.25) is 5.02 Å². The molecule has 3 nitrogen and oxygen atoms in total. The van der Waals surface area contributed by atoms with Crippen LogP contribution in [0.5, 0.6) is 0 Å². The molecule has 0 spiro atoms. The van der Waals surface area contributed by atoms with Crippen LogP contribution >= 0.6 is 11.6 Å². The topological polar surface area (TPSA) is 29.3 Å². The van der Waals surface area contributed by atoms with Gasteiger partial charge in [-0.15, -0.1) is 0 Å². The van der Waals surface area contributed by atoms with E-state index in [1.165, 1.54) is 0 Å². The van der Waals surface area contributed by atoms with E-state index in [-0.39, 0.29) is 0 Å². The Morgan fingerprint density at radius 2 is 1.44 bits per heavy atom. The molecule has 27 heavy (non-hydrogen) atoms. The first kappa shape index (κ1) is 17.4. The van der Waals surface area contributed by atoms with Crippen molar-refractivity contribution in [1.82, 2.24) is 4.98 Å². The zero-order valence-corrected chi connectivity index (χ0v) is 15.9. The number of anilines is 1. The summed E-state index contributed by atoms with van der Waals surface area (Å²) in [6, 6.07) is 25.9. The fourth-order valence-corrected chi connectivity index (χ4v) is 3.18. The Hall–Kier alpha value is -3.04. The van der Waals surface area contributed by atoms with Crippen molar-refractivity contribution >= 4 is 17.3 Å². The highest BCUT2D eigenvalue weighted by molar-refractivity contribution is 6.33. The van der Waals surface area contributed by atoms with E-state index in [0.717, 1.165) is 33.8 Å². The second kappa shape index (κ2) is 7.29. The minimum absolute atomic E-state index is 0.520. The van der Waals surface area contributed by atoms with Crippen LogP contribution in [0.25, 0.3) is 34.0 Å². The van der Waals surface area contributed by atoms with Crippen molar-refractivity contribution in [3.05, 3.63) is 83.9 Å². The van der Waals surface area contributed by atoms with Crippen LogP contribution < -0.4 is 4.90 Å². The van der Waals surface area contributed by atoms with Gasteiger partial charge in [0.15, 0.2) is 5.76 Å². The van der Waals surface area contributed by atoms with E-state index in [2.05, 4.69) is 29.2 Å². The Labute approximate surface area is 163 Å². The van der Waals surface area contributed by atoms with Gasteiger partial charge in [-0.1, -0.05) is 66.2 Å². The molecule has 4 aromatic rings. The van der Waals surface area contributed by atoms with Gasteiger partial charge < -0.3 is 9.32 Å². The zero-order chi connectivity index (χ0) is 18.8. The Morgan fingerprint density at radius 3 is 2.11 bits per heavy atom. The molecule has 0 saturated heterocycles. The lowest BCUT2D eigenvalue weighted by Gasteiger charge is -2.12. The molecule has 134 valence electrons. The predicted octanol–water partition coefficient (Wildman–Crippen LogP) is 6.40. The summed E-state index contributed by atoms with van der Waals surface area (Å²) in [5, 5.41) is 0.618. The molecule has 0 bridgehead atoms. The minimum atomic E-state index is 0.520. The number of hydrogen-bond donors (Lipinski definition) is 0. The van der Waals surface area contributed by atoms with Gasteiger partial charge in [0.05, 0.1) is 10.6 Å². The second-order valence-corrected chi connectivity index (χ2v) is 6.89. The third-order valence-corrected chi connectivity index (χ3v) is 4.75. The van der Waals surface area contributed by atoms with E-state index in [1.54, 1.807) is 0 Å². The van der Waals surface area contributed by atoms with Crippen molar-refractivity contribution in [2.75, 3.05) is 19.0 Å². The number of benzene rings is 3. The Kier molecular flexibility index (Phi) is 4.69. The molecule has 0 amide bonds. The van der Waals surface area contributed by atoms with Crippen molar-refractivity contribution in [3.8, 4) is 34.0 Å². The molecule has 3 aromatic carbocycles. The molecule has 0 atom stereocenters. The van der Waals surface area contributed by atoms with Crippen molar-refractivity contribution < 1.29 is 4.42 Å². The summed E-state index contributed by atoms with van der Waals surface area (Å²) >= 11 is 6.36. The Bertz CT molecular complexity index is 1050. The summed E-state index contributed by atoms with van der Waals surface area (Å²) in [6.07, 6.45) is 0. The standard InChI is InChI=1S/C23H19ClN2O/c1-26(2)18-14-12-16(13-15-18)21-22(17-8-4-3-5-9-17)27-23(25-21)19-10-6-7-11-20(19)24/h3-15H,1-2H3. The number of oxazole rings is 1. The summed E-state index contributed by atoms with van der Waals surface area (Å²) in [7, 11) is 4.05. The molecule has 0 fully saturated rings. The van der Waals surface area contributed by atoms with Crippen molar-refractivity contribution in [2.45, 2.75) is 0 Å². The molecule has 0 aliphatic rings. The normalized spacial score (nSPS) is 10.8. The van der Waals surface area contributed by atoms with Gasteiger partial charge >= 0.3 is 0 Å². The van der Waals surface area contributed by atoms with E-state index >= 15 is 0 Å². The van der Waals surface area contributed by atoms with E-state index in [9.17, 15) is 0 Å². The van der Waals surface area contributed by atoms with E-state index in [0.29, 0.717) is 10.9 Å². The number of rotatable bonds is 4. The Balaban J connectivity index is 1.88. The van der Waals surface area contributed by atoms with Gasteiger partial charge in [0.25, 0.3) is 0 Å². The molecule has 0 saturated carbocycles. The first-order chi connectivity index (χ1) is 13.1. The van der Waals surface area contributed by atoms with Crippen LogP contribution in [-0.4, -0.2) is 19.1 Å². The third-order valence-electron chi connectivity index (χ3n) is 4.42. The minimum Gasteiger partial charge on any atom is -0.435 e. The molecule has 1 aromatic heterocycles. The quantitative estimate of drug-likeness (QED) is 0.414. The summed E-state index contributed by atoms with van der Waals surface area (Å²) in [5.74, 6) is 1.26. The fraction of sp³-hybridized carbons (Fsp3) is 0.0870.